The van der Waals surface area contributed by atoms with Crippen molar-refractivity contribution in [3.63, 3.8) is 0 Å². The van der Waals surface area contributed by atoms with Gasteiger partial charge in [0, 0.05) is 11.6 Å². The number of ether oxygens (including phenoxy) is 1. The maximum absolute atomic E-state index is 12.9. The molecule has 0 saturated heterocycles. The van der Waals surface area contributed by atoms with Gasteiger partial charge < -0.3 is 20.5 Å². The van der Waals surface area contributed by atoms with Crippen LogP contribution in [0.15, 0.2) is 66.7 Å². The Morgan fingerprint density at radius 3 is 2.14 bits per heavy atom. The molecule has 180 valence electrons. The van der Waals surface area contributed by atoms with Crippen LogP contribution in [0.4, 0.5) is 10.5 Å². The molecule has 0 spiro atoms. The number of carbonyl (C=O) groups excluding carboxylic acids is 2. The third-order valence-electron chi connectivity index (χ3n) is 6.03. The van der Waals surface area contributed by atoms with Gasteiger partial charge in [-0.3, -0.25) is 4.79 Å². The zero-order chi connectivity index (χ0) is 25.1. The number of anilines is 1. The minimum Gasteiger partial charge on any atom is -0.478 e. The summed E-state index contributed by atoms with van der Waals surface area (Å²) in [5.41, 5.74) is 4.57. The van der Waals surface area contributed by atoms with Gasteiger partial charge in [-0.25, -0.2) is 9.59 Å². The average Bonchev–Trinajstić information content (AvgIpc) is 3.15. The summed E-state index contributed by atoms with van der Waals surface area (Å²) in [4.78, 5) is 36.9. The van der Waals surface area contributed by atoms with Crippen molar-refractivity contribution in [2.75, 3.05) is 11.9 Å². The number of hydrogen-bond donors (Lipinski definition) is 3. The van der Waals surface area contributed by atoms with E-state index in [0.717, 1.165) is 22.3 Å². The zero-order valence-corrected chi connectivity index (χ0v) is 20.0. The van der Waals surface area contributed by atoms with Crippen LogP contribution in [0.5, 0.6) is 0 Å². The fourth-order valence-electron chi connectivity index (χ4n) is 4.29. The highest BCUT2D eigenvalue weighted by molar-refractivity contribution is 6.33. The molecule has 1 aliphatic rings. The number of carboxylic acid groups (broad SMARTS) is 1. The fraction of sp³-hybridized carbons (Fsp3) is 0.222. The Morgan fingerprint density at radius 1 is 0.971 bits per heavy atom. The third-order valence-corrected chi connectivity index (χ3v) is 6.36. The molecule has 0 aliphatic heterocycles. The Hall–Kier alpha value is -3.84. The third kappa shape index (κ3) is 5.15. The number of fused-ring (bicyclic) bond motifs is 3. The van der Waals surface area contributed by atoms with E-state index in [4.69, 9.17) is 16.3 Å². The fourth-order valence-corrected chi connectivity index (χ4v) is 4.49. The van der Waals surface area contributed by atoms with Crippen molar-refractivity contribution < 1.29 is 24.2 Å². The lowest BCUT2D eigenvalue weighted by Crippen LogP contribution is -2.47. The molecule has 0 saturated carbocycles. The first-order chi connectivity index (χ1) is 16.8. The second-order valence-corrected chi connectivity index (χ2v) is 9.09. The molecule has 3 aromatic carbocycles. The second-order valence-electron chi connectivity index (χ2n) is 8.68. The van der Waals surface area contributed by atoms with Crippen LogP contribution in [-0.2, 0) is 9.53 Å². The molecule has 0 unspecified atom stereocenters. The first kappa shape index (κ1) is 24.3. The van der Waals surface area contributed by atoms with Crippen molar-refractivity contribution in [3.8, 4) is 11.1 Å². The lowest BCUT2D eigenvalue weighted by Gasteiger charge is -2.22. The Labute approximate surface area is 208 Å². The predicted octanol–water partition coefficient (Wildman–Crippen LogP) is 5.54. The number of carboxylic acids is 1. The van der Waals surface area contributed by atoms with E-state index in [2.05, 4.69) is 22.8 Å². The van der Waals surface area contributed by atoms with Crippen molar-refractivity contribution >= 4 is 35.3 Å². The van der Waals surface area contributed by atoms with Crippen LogP contribution in [0.25, 0.3) is 11.1 Å². The van der Waals surface area contributed by atoms with E-state index in [1.165, 1.54) is 18.2 Å². The number of aromatic carboxylic acids is 1. The van der Waals surface area contributed by atoms with Gasteiger partial charge in [-0.05, 0) is 46.4 Å². The molecule has 4 rings (SSSR count). The summed E-state index contributed by atoms with van der Waals surface area (Å²) in [6, 6.07) is 19.3. The topological polar surface area (TPSA) is 105 Å². The van der Waals surface area contributed by atoms with Crippen LogP contribution in [-0.4, -0.2) is 35.7 Å². The van der Waals surface area contributed by atoms with Crippen LogP contribution in [0.3, 0.4) is 0 Å². The molecular weight excluding hydrogens is 468 g/mol. The molecule has 0 fully saturated rings. The maximum atomic E-state index is 12.9. The van der Waals surface area contributed by atoms with E-state index in [0.29, 0.717) is 0 Å². The van der Waals surface area contributed by atoms with E-state index in [1.54, 1.807) is 13.8 Å². The quantitative estimate of drug-likeness (QED) is 0.401. The summed E-state index contributed by atoms with van der Waals surface area (Å²) in [6.07, 6.45) is -0.706. The van der Waals surface area contributed by atoms with Gasteiger partial charge in [-0.1, -0.05) is 74.0 Å². The van der Waals surface area contributed by atoms with E-state index in [-0.39, 0.29) is 34.7 Å². The predicted molar refractivity (Wildman–Crippen MR) is 134 cm³/mol. The number of hydrogen-bond acceptors (Lipinski definition) is 4. The molecule has 0 heterocycles. The van der Waals surface area contributed by atoms with E-state index in [1.807, 2.05) is 36.4 Å². The van der Waals surface area contributed by atoms with Crippen molar-refractivity contribution in [3.05, 3.63) is 88.4 Å². The zero-order valence-electron chi connectivity index (χ0n) is 19.2. The molecular formula is C27H25ClN2O5. The Morgan fingerprint density at radius 2 is 1.57 bits per heavy atom. The highest BCUT2D eigenvalue weighted by Crippen LogP contribution is 2.44. The van der Waals surface area contributed by atoms with Gasteiger partial charge in [0.05, 0.1) is 10.6 Å². The highest BCUT2D eigenvalue weighted by atomic mass is 35.5. The van der Waals surface area contributed by atoms with Gasteiger partial charge >= 0.3 is 12.1 Å². The average molecular weight is 493 g/mol. The van der Waals surface area contributed by atoms with Gasteiger partial charge in [0.1, 0.15) is 12.6 Å². The molecule has 35 heavy (non-hydrogen) atoms. The molecule has 7 nitrogen and oxygen atoms in total. The first-order valence-corrected chi connectivity index (χ1v) is 11.6. The number of benzene rings is 3. The summed E-state index contributed by atoms with van der Waals surface area (Å²) < 4.78 is 5.56. The first-order valence-electron chi connectivity index (χ1n) is 11.2. The van der Waals surface area contributed by atoms with Crippen LogP contribution >= 0.6 is 11.6 Å². The number of alkyl carbamates (subject to hydrolysis) is 1. The SMILES string of the molecule is CC(C)[C@H](NC(=O)OCC1c2ccccc2-c2ccccc21)C(=O)Nc1ccc(Cl)c(C(=O)O)c1. The highest BCUT2D eigenvalue weighted by Gasteiger charge is 2.30. The number of amides is 2. The van der Waals surface area contributed by atoms with E-state index < -0.39 is 24.0 Å². The Balaban J connectivity index is 1.42. The van der Waals surface area contributed by atoms with Crippen LogP contribution in [0.1, 0.15) is 41.3 Å². The standard InChI is InChI=1S/C27H25ClN2O5/c1-15(2)24(25(31)29-16-11-12-23(28)21(13-16)26(32)33)30-27(34)35-14-22-19-9-5-3-7-17(19)18-8-4-6-10-20(18)22/h3-13,15,22,24H,14H2,1-2H3,(H,29,31)(H,30,34)(H,32,33)/t24-/m0/s1. The van der Waals surface area contributed by atoms with Gasteiger partial charge in [0.15, 0.2) is 0 Å². The molecule has 0 bridgehead atoms. The molecule has 3 N–H and O–H groups in total. The summed E-state index contributed by atoms with van der Waals surface area (Å²) in [5.74, 6) is -2.04. The molecule has 0 radical (unpaired) electrons. The van der Waals surface area contributed by atoms with Gasteiger partial charge in [-0.2, -0.15) is 0 Å². The van der Waals surface area contributed by atoms with Gasteiger partial charge in [-0.15, -0.1) is 0 Å². The summed E-state index contributed by atoms with van der Waals surface area (Å²) in [7, 11) is 0. The molecule has 1 atom stereocenters. The molecule has 0 aromatic heterocycles. The Bertz CT molecular complexity index is 1240. The largest absolute Gasteiger partial charge is 0.478 e. The van der Waals surface area contributed by atoms with Crippen molar-refractivity contribution in [2.45, 2.75) is 25.8 Å². The number of halogens is 1. The minimum absolute atomic E-state index is 0.0627. The van der Waals surface area contributed by atoms with Crippen molar-refractivity contribution in [1.29, 1.82) is 0 Å². The lowest BCUT2D eigenvalue weighted by molar-refractivity contribution is -0.119. The molecule has 3 aromatic rings. The van der Waals surface area contributed by atoms with Crippen LogP contribution in [0.2, 0.25) is 5.02 Å². The van der Waals surface area contributed by atoms with Gasteiger partial charge in [0.2, 0.25) is 5.91 Å². The number of carbonyl (C=O) groups is 3. The number of rotatable bonds is 7. The lowest BCUT2D eigenvalue weighted by atomic mass is 9.98. The minimum atomic E-state index is -1.21. The molecule has 8 heteroatoms. The summed E-state index contributed by atoms with van der Waals surface area (Å²) in [6.45, 7) is 3.71. The second kappa shape index (κ2) is 10.2. The molecule has 2 amide bonds. The van der Waals surface area contributed by atoms with Gasteiger partial charge in [0.25, 0.3) is 0 Å². The van der Waals surface area contributed by atoms with Crippen LogP contribution < -0.4 is 10.6 Å². The monoisotopic (exact) mass is 492 g/mol. The Kier molecular flexibility index (Phi) is 7.07. The number of nitrogens with one attached hydrogen (secondary N) is 2. The van der Waals surface area contributed by atoms with Crippen LogP contribution in [0, 0.1) is 5.92 Å². The van der Waals surface area contributed by atoms with Crippen molar-refractivity contribution in [1.82, 2.24) is 5.32 Å². The summed E-state index contributed by atoms with van der Waals surface area (Å²) in [5, 5.41) is 14.6. The normalized spacial score (nSPS) is 13.0. The van der Waals surface area contributed by atoms with E-state index in [9.17, 15) is 19.5 Å². The summed E-state index contributed by atoms with van der Waals surface area (Å²) >= 11 is 5.89. The van der Waals surface area contributed by atoms with Crippen molar-refractivity contribution in [2.24, 2.45) is 5.92 Å². The smallest absolute Gasteiger partial charge is 0.407 e. The van der Waals surface area contributed by atoms with E-state index >= 15 is 0 Å². The molecule has 1 aliphatic carbocycles. The maximum Gasteiger partial charge on any atom is 0.407 e.